The monoisotopic (exact) mass is 262 g/mol. The van der Waals surface area contributed by atoms with Gasteiger partial charge in [0.25, 0.3) is 0 Å². The highest BCUT2D eigenvalue weighted by molar-refractivity contribution is 8.00. The molecule has 2 amide bonds. The first kappa shape index (κ1) is 15.8. The first-order valence-corrected chi connectivity index (χ1v) is 6.23. The fourth-order valence-corrected chi connectivity index (χ4v) is 1.58. The zero-order valence-corrected chi connectivity index (χ0v) is 11.0. The van der Waals surface area contributed by atoms with Gasteiger partial charge in [0.2, 0.25) is 11.8 Å². The number of nitrogens with one attached hydrogen (secondary N) is 2. The third kappa shape index (κ3) is 6.83. The van der Waals surface area contributed by atoms with Gasteiger partial charge in [-0.3, -0.25) is 14.4 Å². The molecule has 0 rings (SSSR count). The molecule has 98 valence electrons. The van der Waals surface area contributed by atoms with Crippen molar-refractivity contribution in [2.75, 3.05) is 25.1 Å². The molecule has 0 aliphatic heterocycles. The van der Waals surface area contributed by atoms with Gasteiger partial charge in [0.1, 0.15) is 0 Å². The van der Waals surface area contributed by atoms with Gasteiger partial charge in [-0.2, -0.15) is 0 Å². The molecule has 0 saturated heterocycles. The van der Waals surface area contributed by atoms with Crippen LogP contribution in [0.3, 0.4) is 0 Å². The highest BCUT2D eigenvalue weighted by Gasteiger charge is 2.26. The Morgan fingerprint density at radius 3 is 2.29 bits per heavy atom. The van der Waals surface area contributed by atoms with E-state index in [9.17, 15) is 14.4 Å². The number of thioether (sulfide) groups is 1. The van der Waals surface area contributed by atoms with Gasteiger partial charge in [0.05, 0.1) is 16.9 Å². The number of aliphatic carboxylic acids is 1. The second-order valence-electron chi connectivity index (χ2n) is 4.13. The zero-order chi connectivity index (χ0) is 13.5. The molecule has 0 unspecified atom stereocenters. The molecule has 0 aromatic carbocycles. The van der Waals surface area contributed by atoms with Crippen LogP contribution < -0.4 is 10.6 Å². The van der Waals surface area contributed by atoms with Crippen molar-refractivity contribution in [2.45, 2.75) is 13.8 Å². The molecule has 0 aromatic rings. The fraction of sp³-hybridized carbons (Fsp3) is 0.700. The number of hydrogen-bond donors (Lipinski definition) is 3. The lowest BCUT2D eigenvalue weighted by molar-refractivity contribution is -0.134. The summed E-state index contributed by atoms with van der Waals surface area (Å²) in [5, 5.41) is 13.5. The molecule has 0 fully saturated rings. The van der Waals surface area contributed by atoms with Gasteiger partial charge in [-0.25, -0.2) is 0 Å². The van der Waals surface area contributed by atoms with E-state index in [0.29, 0.717) is 0 Å². The Morgan fingerprint density at radius 1 is 1.24 bits per heavy atom. The van der Waals surface area contributed by atoms with Crippen molar-refractivity contribution in [3.05, 3.63) is 0 Å². The maximum absolute atomic E-state index is 11.4. The van der Waals surface area contributed by atoms with Crippen LogP contribution in [-0.2, 0) is 14.4 Å². The first-order valence-electron chi connectivity index (χ1n) is 5.08. The number of carboxylic acids is 1. The van der Waals surface area contributed by atoms with Gasteiger partial charge in [0.15, 0.2) is 0 Å². The molecule has 0 atom stereocenters. The molecular formula is C10H18N2O4S. The summed E-state index contributed by atoms with van der Waals surface area (Å²) in [4.78, 5) is 33.0. The summed E-state index contributed by atoms with van der Waals surface area (Å²) < 4.78 is 0. The smallest absolute Gasteiger partial charge is 0.313 e. The molecule has 3 N–H and O–H groups in total. The lowest BCUT2D eigenvalue weighted by Crippen LogP contribution is -2.44. The normalized spacial score (nSPS) is 10.8. The summed E-state index contributed by atoms with van der Waals surface area (Å²) in [6.07, 6.45) is 0. The van der Waals surface area contributed by atoms with Crippen LogP contribution in [0, 0.1) is 5.41 Å². The SMILES string of the molecule is CNC(=O)C(C)(C)CNC(=O)CSCC(=O)O. The second kappa shape index (κ2) is 7.16. The van der Waals surface area contributed by atoms with E-state index in [4.69, 9.17) is 5.11 Å². The Morgan fingerprint density at radius 2 is 1.82 bits per heavy atom. The molecule has 7 heteroatoms. The van der Waals surface area contributed by atoms with Crippen molar-refractivity contribution < 1.29 is 19.5 Å². The Bertz CT molecular complexity index is 305. The molecule has 0 radical (unpaired) electrons. The van der Waals surface area contributed by atoms with E-state index in [1.165, 1.54) is 7.05 Å². The third-order valence-corrected chi connectivity index (χ3v) is 2.95. The Kier molecular flexibility index (Phi) is 6.64. The van der Waals surface area contributed by atoms with Crippen LogP contribution in [-0.4, -0.2) is 48.0 Å². The molecule has 0 bridgehead atoms. The second-order valence-corrected chi connectivity index (χ2v) is 5.11. The van der Waals surface area contributed by atoms with Gasteiger partial charge in [-0.15, -0.1) is 11.8 Å². The van der Waals surface area contributed by atoms with E-state index in [2.05, 4.69) is 10.6 Å². The first-order chi connectivity index (χ1) is 7.79. The number of carbonyl (C=O) groups is 3. The molecule has 0 spiro atoms. The van der Waals surface area contributed by atoms with Crippen LogP contribution in [0.2, 0.25) is 0 Å². The van der Waals surface area contributed by atoms with E-state index >= 15 is 0 Å². The standard InChI is InChI=1S/C10H18N2O4S/c1-10(2,9(16)11-3)6-12-7(13)4-17-5-8(14)15/h4-6H2,1-3H3,(H,11,16)(H,12,13)(H,14,15). The van der Waals surface area contributed by atoms with Crippen molar-refractivity contribution in [1.82, 2.24) is 10.6 Å². The fourth-order valence-electron chi connectivity index (χ4n) is 1.02. The highest BCUT2D eigenvalue weighted by Crippen LogP contribution is 2.13. The van der Waals surface area contributed by atoms with E-state index in [-0.39, 0.29) is 29.9 Å². The lowest BCUT2D eigenvalue weighted by atomic mass is 9.92. The van der Waals surface area contributed by atoms with Gasteiger partial charge in [-0.1, -0.05) is 0 Å². The minimum Gasteiger partial charge on any atom is -0.481 e. The molecule has 6 nitrogen and oxygen atoms in total. The van der Waals surface area contributed by atoms with E-state index in [0.717, 1.165) is 11.8 Å². The van der Waals surface area contributed by atoms with Gasteiger partial charge in [0, 0.05) is 13.6 Å². The van der Waals surface area contributed by atoms with Crippen molar-refractivity contribution in [3.63, 3.8) is 0 Å². The average molecular weight is 262 g/mol. The molecule has 0 aliphatic carbocycles. The van der Waals surface area contributed by atoms with Crippen molar-refractivity contribution in [1.29, 1.82) is 0 Å². The molecular weight excluding hydrogens is 244 g/mol. The van der Waals surface area contributed by atoms with Gasteiger partial charge < -0.3 is 15.7 Å². The molecule has 0 aromatic heterocycles. The summed E-state index contributed by atoms with van der Waals surface area (Å²) in [5.74, 6) is -1.40. The lowest BCUT2D eigenvalue weighted by Gasteiger charge is -2.22. The predicted molar refractivity (Wildman–Crippen MR) is 65.8 cm³/mol. The maximum Gasteiger partial charge on any atom is 0.313 e. The molecule has 0 heterocycles. The topological polar surface area (TPSA) is 95.5 Å². The number of hydrogen-bond acceptors (Lipinski definition) is 4. The minimum atomic E-state index is -0.950. The Balaban J connectivity index is 3.91. The zero-order valence-electron chi connectivity index (χ0n) is 10.2. The summed E-state index contributed by atoms with van der Waals surface area (Å²) in [6.45, 7) is 3.66. The summed E-state index contributed by atoms with van der Waals surface area (Å²) in [6, 6.07) is 0. The van der Waals surface area contributed by atoms with Crippen molar-refractivity contribution >= 4 is 29.5 Å². The number of amides is 2. The van der Waals surface area contributed by atoms with Crippen molar-refractivity contribution in [3.8, 4) is 0 Å². The number of rotatable bonds is 7. The molecule has 17 heavy (non-hydrogen) atoms. The number of carboxylic acid groups (broad SMARTS) is 1. The van der Waals surface area contributed by atoms with Crippen molar-refractivity contribution in [2.24, 2.45) is 5.41 Å². The molecule has 0 saturated carbocycles. The largest absolute Gasteiger partial charge is 0.481 e. The maximum atomic E-state index is 11.4. The number of carbonyl (C=O) groups excluding carboxylic acids is 2. The quantitative estimate of drug-likeness (QED) is 0.585. The van der Waals surface area contributed by atoms with Crippen LogP contribution >= 0.6 is 11.8 Å². The van der Waals surface area contributed by atoms with Gasteiger partial charge >= 0.3 is 5.97 Å². The molecule has 0 aliphatic rings. The minimum absolute atomic E-state index is 0.0795. The van der Waals surface area contributed by atoms with E-state index < -0.39 is 11.4 Å². The summed E-state index contributed by atoms with van der Waals surface area (Å²) >= 11 is 1.02. The predicted octanol–water partition coefficient (Wildman–Crippen LogP) is -0.307. The van der Waals surface area contributed by atoms with Crippen LogP contribution in [0.25, 0.3) is 0 Å². The van der Waals surface area contributed by atoms with Gasteiger partial charge in [-0.05, 0) is 13.8 Å². The third-order valence-electron chi connectivity index (χ3n) is 2.03. The Labute approximate surface area is 105 Å². The van der Waals surface area contributed by atoms with Crippen LogP contribution in [0.4, 0.5) is 0 Å². The summed E-state index contributed by atoms with van der Waals surface area (Å²) in [5.41, 5.74) is -0.679. The van der Waals surface area contributed by atoms with E-state index in [1.807, 2.05) is 0 Å². The Hall–Kier alpha value is -1.24. The summed E-state index contributed by atoms with van der Waals surface area (Å²) in [7, 11) is 1.54. The van der Waals surface area contributed by atoms with Crippen LogP contribution in [0.15, 0.2) is 0 Å². The highest BCUT2D eigenvalue weighted by atomic mass is 32.2. The van der Waals surface area contributed by atoms with Crippen LogP contribution in [0.1, 0.15) is 13.8 Å². The average Bonchev–Trinajstić information content (AvgIpc) is 2.24. The van der Waals surface area contributed by atoms with Crippen LogP contribution in [0.5, 0.6) is 0 Å². The van der Waals surface area contributed by atoms with E-state index in [1.54, 1.807) is 13.8 Å².